The Hall–Kier alpha value is -1.79. The van der Waals surface area contributed by atoms with Crippen LogP contribution in [0.1, 0.15) is 37.9 Å². The molecule has 1 aromatic carbocycles. The van der Waals surface area contributed by atoms with Gasteiger partial charge in [0.25, 0.3) is 0 Å². The molecule has 0 spiro atoms. The summed E-state index contributed by atoms with van der Waals surface area (Å²) in [5.74, 6) is 1.74. The van der Waals surface area contributed by atoms with Crippen molar-refractivity contribution in [3.05, 3.63) is 34.9 Å². The van der Waals surface area contributed by atoms with Crippen LogP contribution in [0.2, 0.25) is 5.02 Å². The van der Waals surface area contributed by atoms with Crippen molar-refractivity contribution in [3.63, 3.8) is 0 Å². The fourth-order valence-electron chi connectivity index (χ4n) is 3.13. The minimum atomic E-state index is 0.275. The van der Waals surface area contributed by atoms with E-state index < -0.39 is 0 Å². The largest absolute Gasteiger partial charge is 0.396 e. The third-order valence-corrected chi connectivity index (χ3v) is 4.82. The molecule has 1 aliphatic heterocycles. The van der Waals surface area contributed by atoms with Crippen molar-refractivity contribution < 1.29 is 9.63 Å². The number of aromatic nitrogens is 2. The second-order valence-corrected chi connectivity index (χ2v) is 6.92. The third kappa shape index (κ3) is 4.64. The van der Waals surface area contributed by atoms with Gasteiger partial charge < -0.3 is 19.8 Å². The van der Waals surface area contributed by atoms with Gasteiger partial charge in [-0.05, 0) is 43.4 Å². The summed E-state index contributed by atoms with van der Waals surface area (Å²) >= 11 is 6.19. The normalized spacial score (nSPS) is 15.6. The molecule has 1 saturated heterocycles. The van der Waals surface area contributed by atoms with E-state index in [1.165, 1.54) is 0 Å². The van der Waals surface area contributed by atoms with E-state index in [4.69, 9.17) is 16.1 Å². The number of aliphatic hydroxyl groups excluding tert-OH is 1. The molecule has 7 heteroatoms. The second kappa shape index (κ2) is 8.54. The number of nitrogens with zero attached hydrogens (tertiary/aromatic N) is 3. The first-order chi connectivity index (χ1) is 12.2. The summed E-state index contributed by atoms with van der Waals surface area (Å²) in [6.07, 6.45) is 3.79. The van der Waals surface area contributed by atoms with E-state index in [1.807, 2.05) is 18.2 Å². The number of nitrogens with one attached hydrogen (secondary N) is 1. The van der Waals surface area contributed by atoms with Gasteiger partial charge in [-0.2, -0.15) is 4.98 Å². The van der Waals surface area contributed by atoms with Crippen molar-refractivity contribution in [2.75, 3.05) is 29.9 Å². The standard InChI is InChI=1S/C18H25ClN4O2/c1-2-3-18-21-17(22-25-18)11-20-15-10-14(19)4-5-16(15)23-8-6-13(12-24)7-9-23/h4-5,10,13,20,24H,2-3,6-9,11-12H2,1H3. The van der Waals surface area contributed by atoms with Crippen molar-refractivity contribution in [2.45, 2.75) is 39.2 Å². The molecule has 6 nitrogen and oxygen atoms in total. The van der Waals surface area contributed by atoms with Gasteiger partial charge in [-0.25, -0.2) is 0 Å². The zero-order valence-corrected chi connectivity index (χ0v) is 15.3. The SMILES string of the molecule is CCCc1nc(CNc2cc(Cl)ccc2N2CCC(CO)CC2)no1. The molecule has 0 aliphatic carbocycles. The van der Waals surface area contributed by atoms with Gasteiger partial charge in [0.2, 0.25) is 5.89 Å². The monoisotopic (exact) mass is 364 g/mol. The predicted molar refractivity (Wildman–Crippen MR) is 99.1 cm³/mol. The van der Waals surface area contributed by atoms with Crippen molar-refractivity contribution >= 4 is 23.0 Å². The maximum atomic E-state index is 9.32. The van der Waals surface area contributed by atoms with E-state index in [0.717, 1.165) is 50.1 Å². The zero-order chi connectivity index (χ0) is 17.6. The van der Waals surface area contributed by atoms with Crippen LogP contribution in [0.25, 0.3) is 0 Å². The second-order valence-electron chi connectivity index (χ2n) is 6.48. The molecule has 136 valence electrons. The van der Waals surface area contributed by atoms with Gasteiger partial charge in [0.15, 0.2) is 5.82 Å². The summed E-state index contributed by atoms with van der Waals surface area (Å²) < 4.78 is 5.23. The predicted octanol–water partition coefficient (Wildman–Crippen LogP) is 3.50. The molecular weight excluding hydrogens is 340 g/mol. The molecule has 2 N–H and O–H groups in total. The lowest BCUT2D eigenvalue weighted by molar-refractivity contribution is 0.203. The fraction of sp³-hybridized carbons (Fsp3) is 0.556. The Bertz CT molecular complexity index is 683. The van der Waals surface area contributed by atoms with Gasteiger partial charge in [-0.15, -0.1) is 0 Å². The smallest absolute Gasteiger partial charge is 0.226 e. The topological polar surface area (TPSA) is 74.4 Å². The first-order valence-electron chi connectivity index (χ1n) is 8.90. The summed E-state index contributed by atoms with van der Waals surface area (Å²) in [5, 5.41) is 17.4. The Morgan fingerprint density at radius 1 is 1.36 bits per heavy atom. The van der Waals surface area contributed by atoms with E-state index in [-0.39, 0.29) is 6.61 Å². The molecule has 0 radical (unpaired) electrons. The van der Waals surface area contributed by atoms with Gasteiger partial charge in [-0.1, -0.05) is 23.7 Å². The number of piperidine rings is 1. The number of anilines is 2. The summed E-state index contributed by atoms with van der Waals surface area (Å²) in [6, 6.07) is 5.89. The summed E-state index contributed by atoms with van der Waals surface area (Å²) in [7, 11) is 0. The van der Waals surface area contributed by atoms with E-state index in [9.17, 15) is 5.11 Å². The van der Waals surface area contributed by atoms with Crippen molar-refractivity contribution in [1.29, 1.82) is 0 Å². The van der Waals surface area contributed by atoms with Gasteiger partial charge in [0, 0.05) is 31.1 Å². The van der Waals surface area contributed by atoms with Crippen LogP contribution in [-0.4, -0.2) is 34.9 Å². The van der Waals surface area contributed by atoms with Crippen LogP contribution in [0.4, 0.5) is 11.4 Å². The fourth-order valence-corrected chi connectivity index (χ4v) is 3.31. The van der Waals surface area contributed by atoms with Crippen LogP contribution >= 0.6 is 11.6 Å². The molecule has 2 aromatic rings. The molecule has 1 aromatic heterocycles. The number of benzene rings is 1. The summed E-state index contributed by atoms with van der Waals surface area (Å²) in [4.78, 5) is 6.72. The minimum absolute atomic E-state index is 0.275. The number of aryl methyl sites for hydroxylation is 1. The van der Waals surface area contributed by atoms with Crippen LogP contribution in [-0.2, 0) is 13.0 Å². The van der Waals surface area contributed by atoms with Gasteiger partial charge >= 0.3 is 0 Å². The van der Waals surface area contributed by atoms with Crippen LogP contribution in [0.15, 0.2) is 22.7 Å². The molecule has 0 amide bonds. The maximum absolute atomic E-state index is 9.32. The van der Waals surface area contributed by atoms with Crippen molar-refractivity contribution in [3.8, 4) is 0 Å². The molecule has 1 aliphatic rings. The number of hydrogen-bond donors (Lipinski definition) is 2. The molecule has 3 rings (SSSR count). The molecule has 0 saturated carbocycles. The maximum Gasteiger partial charge on any atom is 0.226 e. The van der Waals surface area contributed by atoms with Crippen LogP contribution in [0.5, 0.6) is 0 Å². The number of hydrogen-bond acceptors (Lipinski definition) is 6. The van der Waals surface area contributed by atoms with Gasteiger partial charge in [0.05, 0.1) is 17.9 Å². The average Bonchev–Trinajstić information content (AvgIpc) is 3.08. The van der Waals surface area contributed by atoms with Crippen LogP contribution in [0.3, 0.4) is 0 Å². The van der Waals surface area contributed by atoms with Crippen LogP contribution < -0.4 is 10.2 Å². The lowest BCUT2D eigenvalue weighted by Crippen LogP contribution is -2.35. The highest BCUT2D eigenvalue weighted by Gasteiger charge is 2.21. The first kappa shape index (κ1) is 18.0. The molecule has 0 unspecified atom stereocenters. The summed E-state index contributed by atoms with van der Waals surface area (Å²) in [5.41, 5.74) is 2.09. The average molecular weight is 365 g/mol. The van der Waals surface area contributed by atoms with Crippen molar-refractivity contribution in [2.24, 2.45) is 5.92 Å². The third-order valence-electron chi connectivity index (χ3n) is 4.58. The van der Waals surface area contributed by atoms with Crippen molar-refractivity contribution in [1.82, 2.24) is 10.1 Å². The number of rotatable bonds is 7. The Morgan fingerprint density at radius 2 is 2.16 bits per heavy atom. The zero-order valence-electron chi connectivity index (χ0n) is 14.5. The van der Waals surface area contributed by atoms with E-state index >= 15 is 0 Å². The highest BCUT2D eigenvalue weighted by atomic mass is 35.5. The molecule has 1 fully saturated rings. The Kier molecular flexibility index (Phi) is 6.15. The van der Waals surface area contributed by atoms with E-state index in [0.29, 0.717) is 29.2 Å². The van der Waals surface area contributed by atoms with Crippen LogP contribution in [0, 0.1) is 5.92 Å². The molecule has 0 atom stereocenters. The molecular formula is C18H25ClN4O2. The number of aliphatic hydroxyl groups is 1. The molecule has 0 bridgehead atoms. The molecule has 2 heterocycles. The molecule has 25 heavy (non-hydrogen) atoms. The Morgan fingerprint density at radius 3 is 2.88 bits per heavy atom. The quantitative estimate of drug-likeness (QED) is 0.783. The highest BCUT2D eigenvalue weighted by molar-refractivity contribution is 6.31. The lowest BCUT2D eigenvalue weighted by atomic mass is 9.97. The highest BCUT2D eigenvalue weighted by Crippen LogP contribution is 2.32. The summed E-state index contributed by atoms with van der Waals surface area (Å²) in [6.45, 7) is 4.72. The number of halogens is 1. The minimum Gasteiger partial charge on any atom is -0.396 e. The Labute approximate surface area is 153 Å². The van der Waals surface area contributed by atoms with Gasteiger partial charge in [-0.3, -0.25) is 0 Å². The van der Waals surface area contributed by atoms with E-state index in [1.54, 1.807) is 0 Å². The Balaban J connectivity index is 1.68. The van der Waals surface area contributed by atoms with Gasteiger partial charge in [0.1, 0.15) is 0 Å². The van der Waals surface area contributed by atoms with E-state index in [2.05, 4.69) is 27.3 Å². The first-order valence-corrected chi connectivity index (χ1v) is 9.28. The lowest BCUT2D eigenvalue weighted by Gasteiger charge is -2.34.